The van der Waals surface area contributed by atoms with Gasteiger partial charge >= 0.3 is 0 Å². The number of halogens is 1. The second-order valence-electron chi connectivity index (χ2n) is 4.67. The van der Waals surface area contributed by atoms with Crippen molar-refractivity contribution in [1.29, 1.82) is 0 Å². The number of methoxy groups -OCH3 is 1. The van der Waals surface area contributed by atoms with E-state index in [1.807, 2.05) is 12.1 Å². The normalized spacial score (nSPS) is 18.2. The van der Waals surface area contributed by atoms with Crippen molar-refractivity contribution in [3.63, 3.8) is 0 Å². The number of aromatic nitrogens is 1. The molecular weight excluding hydrogens is 238 g/mol. The van der Waals surface area contributed by atoms with Crippen LogP contribution in [0.3, 0.4) is 0 Å². The van der Waals surface area contributed by atoms with Crippen LogP contribution in [0.2, 0.25) is 0 Å². The molecule has 1 aromatic heterocycles. The zero-order chi connectivity index (χ0) is 11.4. The molecule has 0 unspecified atom stereocenters. The van der Waals surface area contributed by atoms with Crippen LogP contribution in [0, 0.1) is 0 Å². The van der Waals surface area contributed by atoms with Crippen LogP contribution in [0.5, 0.6) is 5.88 Å². The number of hydrogen-bond acceptors (Lipinski definition) is 3. The molecule has 3 nitrogen and oxygen atoms in total. The van der Waals surface area contributed by atoms with Crippen molar-refractivity contribution in [2.45, 2.75) is 44.1 Å². The largest absolute Gasteiger partial charge is 0.481 e. The van der Waals surface area contributed by atoms with Crippen molar-refractivity contribution in [3.8, 4) is 5.88 Å². The first-order valence-corrected chi connectivity index (χ1v) is 5.93. The SMILES string of the molecule is COc1ccc(CC2(O)CCCCC2)cn1.Cl. The van der Waals surface area contributed by atoms with Crippen LogP contribution in [-0.4, -0.2) is 22.8 Å². The van der Waals surface area contributed by atoms with Crippen molar-refractivity contribution in [2.75, 3.05) is 7.11 Å². The summed E-state index contributed by atoms with van der Waals surface area (Å²) in [6.45, 7) is 0. The summed E-state index contributed by atoms with van der Waals surface area (Å²) in [6.07, 6.45) is 7.87. The average molecular weight is 258 g/mol. The van der Waals surface area contributed by atoms with Gasteiger partial charge in [0.2, 0.25) is 5.88 Å². The Labute approximate surface area is 109 Å². The van der Waals surface area contributed by atoms with Crippen molar-refractivity contribution in [1.82, 2.24) is 4.98 Å². The number of nitrogens with zero attached hydrogens (tertiary/aromatic N) is 1. The molecule has 2 rings (SSSR count). The molecule has 0 aromatic carbocycles. The molecule has 4 heteroatoms. The highest BCUT2D eigenvalue weighted by Crippen LogP contribution is 2.31. The Balaban J connectivity index is 0.00000144. The van der Waals surface area contributed by atoms with E-state index in [4.69, 9.17) is 4.74 Å². The van der Waals surface area contributed by atoms with Gasteiger partial charge < -0.3 is 9.84 Å². The number of rotatable bonds is 3. The van der Waals surface area contributed by atoms with Crippen LogP contribution in [0.15, 0.2) is 18.3 Å². The monoisotopic (exact) mass is 257 g/mol. The number of aliphatic hydroxyl groups is 1. The number of ether oxygens (including phenoxy) is 1. The summed E-state index contributed by atoms with van der Waals surface area (Å²) in [6, 6.07) is 3.83. The van der Waals surface area contributed by atoms with Gasteiger partial charge in [-0.15, -0.1) is 12.4 Å². The van der Waals surface area contributed by atoms with Crippen LogP contribution in [-0.2, 0) is 6.42 Å². The molecule has 0 bridgehead atoms. The summed E-state index contributed by atoms with van der Waals surface area (Å²) in [7, 11) is 1.61. The summed E-state index contributed by atoms with van der Waals surface area (Å²) < 4.78 is 5.01. The average Bonchev–Trinajstić information content (AvgIpc) is 2.30. The highest BCUT2D eigenvalue weighted by atomic mass is 35.5. The van der Waals surface area contributed by atoms with E-state index in [-0.39, 0.29) is 12.4 Å². The maximum Gasteiger partial charge on any atom is 0.212 e. The third kappa shape index (κ3) is 3.86. The minimum absolute atomic E-state index is 0. The molecule has 1 aromatic rings. The fourth-order valence-corrected chi connectivity index (χ4v) is 2.40. The fraction of sp³-hybridized carbons (Fsp3) is 0.615. The van der Waals surface area contributed by atoms with Gasteiger partial charge in [-0.3, -0.25) is 0 Å². The van der Waals surface area contributed by atoms with E-state index >= 15 is 0 Å². The van der Waals surface area contributed by atoms with Gasteiger partial charge in [0, 0.05) is 18.7 Å². The Kier molecular flexibility index (Phi) is 5.22. The lowest BCUT2D eigenvalue weighted by atomic mass is 9.81. The van der Waals surface area contributed by atoms with E-state index in [1.54, 1.807) is 13.3 Å². The molecule has 1 N–H and O–H groups in total. The molecule has 0 saturated heterocycles. The van der Waals surface area contributed by atoms with Crippen LogP contribution in [0.25, 0.3) is 0 Å². The third-order valence-corrected chi connectivity index (χ3v) is 3.32. The van der Waals surface area contributed by atoms with Gasteiger partial charge in [0.25, 0.3) is 0 Å². The van der Waals surface area contributed by atoms with E-state index < -0.39 is 5.60 Å². The molecule has 1 aliphatic rings. The Morgan fingerprint density at radius 1 is 1.29 bits per heavy atom. The number of hydrogen-bond donors (Lipinski definition) is 1. The van der Waals surface area contributed by atoms with E-state index in [9.17, 15) is 5.11 Å². The lowest BCUT2D eigenvalue weighted by Gasteiger charge is -2.32. The molecule has 0 radical (unpaired) electrons. The van der Waals surface area contributed by atoms with Gasteiger partial charge in [-0.2, -0.15) is 0 Å². The van der Waals surface area contributed by atoms with E-state index in [0.717, 1.165) is 31.2 Å². The highest BCUT2D eigenvalue weighted by Gasteiger charge is 2.29. The molecule has 0 spiro atoms. The standard InChI is InChI=1S/C13H19NO2.ClH/c1-16-12-6-5-11(10-14-12)9-13(15)7-3-2-4-8-13;/h5-6,10,15H,2-4,7-9H2,1H3;1H. The summed E-state index contributed by atoms with van der Waals surface area (Å²) in [5.74, 6) is 0.624. The third-order valence-electron chi connectivity index (χ3n) is 3.32. The van der Waals surface area contributed by atoms with Crippen molar-refractivity contribution in [2.24, 2.45) is 0 Å². The molecule has 17 heavy (non-hydrogen) atoms. The minimum atomic E-state index is -0.505. The van der Waals surface area contributed by atoms with Crippen LogP contribution >= 0.6 is 12.4 Å². The Morgan fingerprint density at radius 3 is 2.53 bits per heavy atom. The maximum absolute atomic E-state index is 10.4. The van der Waals surface area contributed by atoms with E-state index in [1.165, 1.54) is 6.42 Å². The van der Waals surface area contributed by atoms with Gasteiger partial charge in [-0.1, -0.05) is 25.3 Å². The quantitative estimate of drug-likeness (QED) is 0.905. The second kappa shape index (κ2) is 6.22. The van der Waals surface area contributed by atoms with Crippen LogP contribution in [0.4, 0.5) is 0 Å². The molecular formula is C13H20ClNO2. The zero-order valence-corrected chi connectivity index (χ0v) is 11.0. The van der Waals surface area contributed by atoms with Gasteiger partial charge in [0.1, 0.15) is 0 Å². The summed E-state index contributed by atoms with van der Waals surface area (Å²) in [5.41, 5.74) is 0.583. The van der Waals surface area contributed by atoms with Crippen molar-refractivity contribution in [3.05, 3.63) is 23.9 Å². The summed E-state index contributed by atoms with van der Waals surface area (Å²) in [5, 5.41) is 10.4. The smallest absolute Gasteiger partial charge is 0.212 e. The topological polar surface area (TPSA) is 42.4 Å². The van der Waals surface area contributed by atoms with Crippen LogP contribution < -0.4 is 4.74 Å². The second-order valence-corrected chi connectivity index (χ2v) is 4.67. The van der Waals surface area contributed by atoms with Crippen molar-refractivity contribution < 1.29 is 9.84 Å². The lowest BCUT2D eigenvalue weighted by molar-refractivity contribution is 0.00441. The molecule has 1 heterocycles. The predicted octanol–water partition coefficient (Wildman–Crippen LogP) is 2.75. The van der Waals surface area contributed by atoms with E-state index in [0.29, 0.717) is 12.3 Å². The highest BCUT2D eigenvalue weighted by molar-refractivity contribution is 5.85. The first kappa shape index (κ1) is 14.3. The lowest BCUT2D eigenvalue weighted by Crippen LogP contribution is -2.33. The molecule has 0 atom stereocenters. The number of pyridine rings is 1. The molecule has 1 fully saturated rings. The van der Waals surface area contributed by atoms with Gasteiger partial charge in [0.15, 0.2) is 0 Å². The maximum atomic E-state index is 10.4. The molecule has 0 amide bonds. The molecule has 96 valence electrons. The molecule has 1 saturated carbocycles. The molecule has 1 aliphatic carbocycles. The fourth-order valence-electron chi connectivity index (χ4n) is 2.40. The zero-order valence-electron chi connectivity index (χ0n) is 10.2. The summed E-state index contributed by atoms with van der Waals surface area (Å²) >= 11 is 0. The Bertz CT molecular complexity index is 334. The van der Waals surface area contributed by atoms with Gasteiger partial charge in [0.05, 0.1) is 12.7 Å². The summed E-state index contributed by atoms with van der Waals surface area (Å²) in [4.78, 5) is 4.16. The van der Waals surface area contributed by atoms with Crippen molar-refractivity contribution >= 4 is 12.4 Å². The first-order valence-electron chi connectivity index (χ1n) is 5.93. The van der Waals surface area contributed by atoms with E-state index in [2.05, 4.69) is 4.98 Å². The minimum Gasteiger partial charge on any atom is -0.481 e. The van der Waals surface area contributed by atoms with Gasteiger partial charge in [-0.05, 0) is 18.4 Å². The molecule has 0 aliphatic heterocycles. The van der Waals surface area contributed by atoms with Crippen LogP contribution in [0.1, 0.15) is 37.7 Å². The predicted molar refractivity (Wildman–Crippen MR) is 69.8 cm³/mol. The Morgan fingerprint density at radius 2 is 2.00 bits per heavy atom. The van der Waals surface area contributed by atoms with Gasteiger partial charge in [-0.25, -0.2) is 4.98 Å². The Hall–Kier alpha value is -0.800. The first-order chi connectivity index (χ1) is 7.72.